The third-order valence-electron chi connectivity index (χ3n) is 4.87. The summed E-state index contributed by atoms with van der Waals surface area (Å²) in [5, 5.41) is 0. The first kappa shape index (κ1) is 18.0. The summed E-state index contributed by atoms with van der Waals surface area (Å²) in [5.41, 5.74) is 7.43. The van der Waals surface area contributed by atoms with E-state index < -0.39 is 5.91 Å². The molecular weight excluding hydrogens is 328 g/mol. The fraction of sp³-hybridized carbons (Fsp3) is 0.400. The van der Waals surface area contributed by atoms with Gasteiger partial charge in [0.2, 0.25) is 5.91 Å². The Bertz CT molecular complexity index is 792. The first-order chi connectivity index (χ1) is 12.5. The van der Waals surface area contributed by atoms with E-state index in [2.05, 4.69) is 9.97 Å². The van der Waals surface area contributed by atoms with Crippen molar-refractivity contribution in [3.63, 3.8) is 0 Å². The van der Waals surface area contributed by atoms with E-state index in [1.807, 2.05) is 35.2 Å². The zero-order valence-electron chi connectivity index (χ0n) is 15.0. The second kappa shape index (κ2) is 8.08. The van der Waals surface area contributed by atoms with E-state index in [4.69, 9.17) is 5.73 Å². The molecule has 2 amide bonds. The van der Waals surface area contributed by atoms with Gasteiger partial charge in [0.15, 0.2) is 0 Å². The molecule has 0 bridgehead atoms. The van der Waals surface area contributed by atoms with Crippen LogP contribution in [0.25, 0.3) is 0 Å². The predicted molar refractivity (Wildman–Crippen MR) is 98.6 cm³/mol. The Hall–Kier alpha value is -2.76. The zero-order chi connectivity index (χ0) is 18.5. The number of piperidine rings is 1. The summed E-state index contributed by atoms with van der Waals surface area (Å²) in [6.45, 7) is 3.17. The minimum absolute atomic E-state index is 0.102. The predicted octanol–water partition coefficient (Wildman–Crippen LogP) is 2.22. The lowest BCUT2D eigenvalue weighted by atomic mass is 9.96. The van der Waals surface area contributed by atoms with Crippen molar-refractivity contribution < 1.29 is 9.59 Å². The molecule has 26 heavy (non-hydrogen) atoms. The van der Waals surface area contributed by atoms with Gasteiger partial charge < -0.3 is 10.6 Å². The molecule has 3 rings (SSSR count). The average Bonchev–Trinajstić information content (AvgIpc) is 2.66. The minimum Gasteiger partial charge on any atom is -0.365 e. The molecule has 2 heterocycles. The number of nitrogens with zero attached hydrogens (tertiary/aromatic N) is 3. The van der Waals surface area contributed by atoms with Crippen LogP contribution in [-0.2, 0) is 11.2 Å². The van der Waals surface area contributed by atoms with Crippen LogP contribution >= 0.6 is 0 Å². The Morgan fingerprint density at radius 2 is 2.04 bits per heavy atom. The molecular formula is C20H24N4O2. The molecule has 6 heteroatoms. The second-order valence-corrected chi connectivity index (χ2v) is 6.76. The summed E-state index contributed by atoms with van der Waals surface area (Å²) in [5.74, 6) is 0.442. The highest BCUT2D eigenvalue weighted by Crippen LogP contribution is 2.25. The number of carbonyl (C=O) groups excluding carboxylic acids is 2. The second-order valence-electron chi connectivity index (χ2n) is 6.76. The van der Waals surface area contributed by atoms with Crippen LogP contribution < -0.4 is 5.73 Å². The fourth-order valence-corrected chi connectivity index (χ4v) is 3.39. The molecule has 1 aliphatic heterocycles. The molecule has 1 atom stereocenters. The van der Waals surface area contributed by atoms with Crippen LogP contribution in [0.15, 0.2) is 36.5 Å². The van der Waals surface area contributed by atoms with Crippen LogP contribution in [0.3, 0.4) is 0 Å². The number of hydrogen-bond donors (Lipinski definition) is 1. The SMILES string of the molecule is Cc1nc([C@@H]2CCCN(C(=O)CCc3ccccc3)C2)ncc1C(N)=O. The summed E-state index contributed by atoms with van der Waals surface area (Å²) in [6.07, 6.45) is 4.64. The number of aryl methyl sites for hydroxylation is 2. The Labute approximate surface area is 153 Å². The molecule has 1 fully saturated rings. The largest absolute Gasteiger partial charge is 0.365 e. The number of carbonyl (C=O) groups is 2. The van der Waals surface area contributed by atoms with Crippen LogP contribution in [-0.4, -0.2) is 39.8 Å². The van der Waals surface area contributed by atoms with Gasteiger partial charge in [-0.3, -0.25) is 9.59 Å². The summed E-state index contributed by atoms with van der Waals surface area (Å²) >= 11 is 0. The summed E-state index contributed by atoms with van der Waals surface area (Å²) in [4.78, 5) is 34.6. The molecule has 1 aliphatic rings. The average molecular weight is 352 g/mol. The lowest BCUT2D eigenvalue weighted by Crippen LogP contribution is -2.39. The standard InChI is InChI=1S/C20H24N4O2/c1-14-17(19(21)26)12-22-20(23-14)16-8-5-11-24(13-16)18(25)10-9-15-6-3-2-4-7-15/h2-4,6-7,12,16H,5,8-11,13H2,1H3,(H2,21,26)/t16-/m1/s1. The number of amides is 2. The van der Waals surface area contributed by atoms with E-state index in [1.165, 1.54) is 11.8 Å². The number of benzene rings is 1. The van der Waals surface area contributed by atoms with E-state index in [0.717, 1.165) is 25.8 Å². The van der Waals surface area contributed by atoms with Crippen LogP contribution in [0.2, 0.25) is 0 Å². The maximum absolute atomic E-state index is 12.6. The van der Waals surface area contributed by atoms with Gasteiger partial charge >= 0.3 is 0 Å². The molecule has 0 spiro atoms. The molecule has 2 aromatic rings. The van der Waals surface area contributed by atoms with Gasteiger partial charge in [-0.25, -0.2) is 9.97 Å². The quantitative estimate of drug-likeness (QED) is 0.893. The highest BCUT2D eigenvalue weighted by molar-refractivity contribution is 5.93. The highest BCUT2D eigenvalue weighted by Gasteiger charge is 2.26. The van der Waals surface area contributed by atoms with Crippen molar-refractivity contribution >= 4 is 11.8 Å². The lowest BCUT2D eigenvalue weighted by Gasteiger charge is -2.32. The van der Waals surface area contributed by atoms with Crippen LogP contribution in [0, 0.1) is 6.92 Å². The fourth-order valence-electron chi connectivity index (χ4n) is 3.39. The van der Waals surface area contributed by atoms with Crippen molar-refractivity contribution in [3.8, 4) is 0 Å². The molecule has 0 unspecified atom stereocenters. The Kier molecular flexibility index (Phi) is 5.61. The van der Waals surface area contributed by atoms with Crippen molar-refractivity contribution in [3.05, 3.63) is 59.2 Å². The monoisotopic (exact) mass is 352 g/mol. The van der Waals surface area contributed by atoms with E-state index in [9.17, 15) is 9.59 Å². The van der Waals surface area contributed by atoms with E-state index in [0.29, 0.717) is 30.0 Å². The molecule has 6 nitrogen and oxygen atoms in total. The van der Waals surface area contributed by atoms with Gasteiger partial charge in [0.05, 0.1) is 11.3 Å². The van der Waals surface area contributed by atoms with Crippen molar-refractivity contribution in [2.45, 2.75) is 38.5 Å². The van der Waals surface area contributed by atoms with Crippen LogP contribution in [0.4, 0.5) is 0 Å². The van der Waals surface area contributed by atoms with Gasteiger partial charge in [-0.15, -0.1) is 0 Å². The normalized spacial score (nSPS) is 17.1. The topological polar surface area (TPSA) is 89.2 Å². The summed E-state index contributed by atoms with van der Waals surface area (Å²) in [7, 11) is 0. The number of hydrogen-bond acceptors (Lipinski definition) is 4. The summed E-state index contributed by atoms with van der Waals surface area (Å²) < 4.78 is 0. The molecule has 2 N–H and O–H groups in total. The van der Waals surface area contributed by atoms with E-state index >= 15 is 0 Å². The Morgan fingerprint density at radius 1 is 1.27 bits per heavy atom. The van der Waals surface area contributed by atoms with Crippen molar-refractivity contribution in [1.29, 1.82) is 0 Å². The Morgan fingerprint density at radius 3 is 2.73 bits per heavy atom. The molecule has 1 aromatic heterocycles. The first-order valence-corrected chi connectivity index (χ1v) is 8.99. The lowest BCUT2D eigenvalue weighted by molar-refractivity contribution is -0.132. The maximum atomic E-state index is 12.6. The Balaban J connectivity index is 1.62. The third kappa shape index (κ3) is 4.25. The van der Waals surface area contributed by atoms with E-state index in [1.54, 1.807) is 6.92 Å². The van der Waals surface area contributed by atoms with Crippen LogP contribution in [0.5, 0.6) is 0 Å². The molecule has 0 radical (unpaired) electrons. The van der Waals surface area contributed by atoms with Gasteiger partial charge in [0, 0.05) is 31.6 Å². The molecule has 1 aromatic carbocycles. The molecule has 0 aliphatic carbocycles. The smallest absolute Gasteiger partial charge is 0.252 e. The van der Waals surface area contributed by atoms with Gasteiger partial charge in [0.1, 0.15) is 5.82 Å². The van der Waals surface area contributed by atoms with E-state index in [-0.39, 0.29) is 11.8 Å². The molecule has 1 saturated heterocycles. The highest BCUT2D eigenvalue weighted by atomic mass is 16.2. The van der Waals surface area contributed by atoms with Crippen molar-refractivity contribution in [1.82, 2.24) is 14.9 Å². The third-order valence-corrected chi connectivity index (χ3v) is 4.87. The van der Waals surface area contributed by atoms with Crippen molar-refractivity contribution in [2.24, 2.45) is 5.73 Å². The number of aromatic nitrogens is 2. The summed E-state index contributed by atoms with van der Waals surface area (Å²) in [6, 6.07) is 10.1. The number of nitrogens with two attached hydrogens (primary N) is 1. The first-order valence-electron chi connectivity index (χ1n) is 8.99. The number of primary amides is 1. The van der Waals surface area contributed by atoms with Crippen LogP contribution in [0.1, 0.15) is 52.6 Å². The van der Waals surface area contributed by atoms with Gasteiger partial charge in [-0.1, -0.05) is 30.3 Å². The van der Waals surface area contributed by atoms with Gasteiger partial charge in [0.25, 0.3) is 5.91 Å². The molecule has 136 valence electrons. The minimum atomic E-state index is -0.518. The van der Waals surface area contributed by atoms with Gasteiger partial charge in [-0.05, 0) is 31.7 Å². The maximum Gasteiger partial charge on any atom is 0.252 e. The van der Waals surface area contributed by atoms with Gasteiger partial charge in [-0.2, -0.15) is 0 Å². The number of likely N-dealkylation sites (tertiary alicyclic amines) is 1. The zero-order valence-corrected chi connectivity index (χ0v) is 15.0. The number of rotatable bonds is 5. The van der Waals surface area contributed by atoms with Crippen molar-refractivity contribution in [2.75, 3.05) is 13.1 Å². The molecule has 0 saturated carbocycles.